The molecule has 0 bridgehead atoms. The third kappa shape index (κ3) is 29.0. The van der Waals surface area contributed by atoms with E-state index in [-0.39, 0.29) is 67.7 Å². The SMILES string of the molecule is CC/C=C1/N=C([O-])\C=C\[C@H]([C@@H](C)CC)OC(=O)C(C)(C)[C@H](C[C@H](/C=C/C=C/C/C=C\CCC(C)C)OC)OC(=O)CNC(=O)[C@H](CNC(N)=O)NC(=O)CNC(=O)[C@@H](CCCNC(=O)NS(=O)(=O)O)NC1=O.[Na+]. The quantitative estimate of drug-likeness (QED) is 0.0123. The van der Waals surface area contributed by atoms with Gasteiger partial charge in [0.25, 0.3) is 5.91 Å². The van der Waals surface area contributed by atoms with Crippen molar-refractivity contribution in [3.05, 3.63) is 60.4 Å². The fourth-order valence-corrected chi connectivity index (χ4v) is 6.62. The maximum Gasteiger partial charge on any atom is 1.00 e. The van der Waals surface area contributed by atoms with Crippen LogP contribution in [0.2, 0.25) is 0 Å². The average molecular weight is 1060 g/mol. The molecule has 73 heavy (non-hydrogen) atoms. The average Bonchev–Trinajstić information content (AvgIpc) is 3.30. The molecule has 0 unspecified atom stereocenters. The van der Waals surface area contributed by atoms with Crippen molar-refractivity contribution in [2.24, 2.45) is 28.0 Å². The molecular formula is C47H74N9NaO15S. The largest absolute Gasteiger partial charge is 1.00 e. The van der Waals surface area contributed by atoms with Gasteiger partial charge in [0.1, 0.15) is 36.5 Å². The van der Waals surface area contributed by atoms with Crippen LogP contribution in [-0.2, 0) is 53.3 Å². The molecule has 0 saturated carbocycles. The van der Waals surface area contributed by atoms with Gasteiger partial charge in [0.15, 0.2) is 0 Å². The zero-order valence-electron chi connectivity index (χ0n) is 43.3. The number of cyclic esters (lactones) is 2. The Balaban J connectivity index is 0.0000518. The van der Waals surface area contributed by atoms with Gasteiger partial charge in [-0.05, 0) is 82.6 Å². The van der Waals surface area contributed by atoms with Gasteiger partial charge in [-0.15, -0.1) is 0 Å². The number of nitrogens with zero attached hydrogens (tertiary/aromatic N) is 1. The van der Waals surface area contributed by atoms with Crippen LogP contribution in [0.3, 0.4) is 0 Å². The smallest absolute Gasteiger partial charge is 0.859 e. The van der Waals surface area contributed by atoms with Crippen molar-refractivity contribution in [2.45, 2.75) is 130 Å². The summed E-state index contributed by atoms with van der Waals surface area (Å²) in [6.45, 7) is 10.0. The van der Waals surface area contributed by atoms with Crippen molar-refractivity contribution in [1.29, 1.82) is 0 Å². The van der Waals surface area contributed by atoms with E-state index >= 15 is 0 Å². The van der Waals surface area contributed by atoms with Gasteiger partial charge in [-0.1, -0.05) is 83.2 Å². The maximum atomic E-state index is 14.2. The molecule has 6 atom stereocenters. The van der Waals surface area contributed by atoms with Crippen LogP contribution in [0.4, 0.5) is 9.59 Å². The molecule has 0 fully saturated rings. The molecule has 26 heteroatoms. The van der Waals surface area contributed by atoms with Crippen LogP contribution in [0.5, 0.6) is 0 Å². The Labute approximate surface area is 450 Å². The molecule has 0 saturated heterocycles. The van der Waals surface area contributed by atoms with Crippen molar-refractivity contribution in [2.75, 3.05) is 33.3 Å². The first kappa shape index (κ1) is 67.4. The Morgan fingerprint density at radius 3 is 2.27 bits per heavy atom. The number of rotatable bonds is 20. The molecule has 0 spiro atoms. The summed E-state index contributed by atoms with van der Waals surface area (Å²) in [6.07, 6.45) is 15.0. The summed E-state index contributed by atoms with van der Waals surface area (Å²) in [4.78, 5) is 109. The van der Waals surface area contributed by atoms with E-state index in [2.05, 4.69) is 62.9 Å². The summed E-state index contributed by atoms with van der Waals surface area (Å²) in [5.74, 6) is -6.58. The second-order valence-electron chi connectivity index (χ2n) is 17.6. The summed E-state index contributed by atoms with van der Waals surface area (Å²) in [5.41, 5.74) is 3.18. The molecule has 0 radical (unpaired) electrons. The van der Waals surface area contributed by atoms with Crippen LogP contribution >= 0.6 is 0 Å². The molecule has 0 aromatic heterocycles. The van der Waals surface area contributed by atoms with Gasteiger partial charge >= 0.3 is 63.9 Å². The Bertz CT molecular complexity index is 2150. The van der Waals surface area contributed by atoms with E-state index in [1.54, 1.807) is 26.0 Å². The Kier molecular flexibility index (Phi) is 32.8. The van der Waals surface area contributed by atoms with Crippen LogP contribution in [0.1, 0.15) is 99.8 Å². The van der Waals surface area contributed by atoms with Crippen molar-refractivity contribution in [3.8, 4) is 0 Å². The molecule has 1 rings (SSSR count). The number of amides is 8. The Morgan fingerprint density at radius 2 is 1.66 bits per heavy atom. The second kappa shape index (κ2) is 35.5. The van der Waals surface area contributed by atoms with E-state index in [0.29, 0.717) is 18.8 Å². The summed E-state index contributed by atoms with van der Waals surface area (Å²) < 4.78 is 49.6. The molecule has 8 amide bonds. The molecule has 0 aromatic rings. The number of primary amides is 1. The van der Waals surface area contributed by atoms with Crippen molar-refractivity contribution >= 4 is 63.8 Å². The normalized spacial score (nSPS) is 22.8. The third-order valence-corrected chi connectivity index (χ3v) is 11.2. The molecule has 10 N–H and O–H groups in total. The standard InChI is InChI=1S/C47H75N9O15S.Na/c1-9-19-33-43(62)55-34(22-18-25-49-46(65)56-72(66,67)68)41(60)50-28-39(58)54-35(27-52-45(48)64)42(61)51-29-40(59)71-37(26-32(69-8)21-17-15-13-11-12-14-16-20-30(3)4)47(6,7)44(63)70-36(31(5)10-2)23-24-38(57)53-33;/h12-15,17,19,21,23-24,30-32,34-37H,9-11,16,18,20,22,25-29H2,1-8H3,(H,50,60)(H,51,61)(H,53,57)(H,54,58)(H,55,62)(H3,48,52,64)(H2,49,56,65)(H,66,67,68);/q;+1/p-1/b14-12-,15-13+,21-17+,24-23+,33-19+;/t31-,32-,34+,35-,36+,37-;/m0./s1. The van der Waals surface area contributed by atoms with Crippen molar-refractivity contribution in [3.63, 3.8) is 0 Å². The fourth-order valence-electron chi connectivity index (χ4n) is 6.31. The zero-order valence-corrected chi connectivity index (χ0v) is 46.1. The minimum atomic E-state index is -4.89. The Hall–Kier alpha value is -5.60. The van der Waals surface area contributed by atoms with Gasteiger partial charge in [-0.2, -0.15) is 8.42 Å². The van der Waals surface area contributed by atoms with Crippen molar-refractivity contribution < 1.29 is 100 Å². The number of hydrogen-bond acceptors (Lipinski definition) is 15. The van der Waals surface area contributed by atoms with Gasteiger partial charge in [-0.25, -0.2) is 14.3 Å². The van der Waals surface area contributed by atoms with E-state index in [9.17, 15) is 51.9 Å². The van der Waals surface area contributed by atoms with Gasteiger partial charge in [0, 0.05) is 26.6 Å². The molecule has 0 aliphatic carbocycles. The van der Waals surface area contributed by atoms with Crippen LogP contribution in [0.25, 0.3) is 0 Å². The molecular weight excluding hydrogens is 986 g/mol. The first-order valence-electron chi connectivity index (χ1n) is 23.6. The minimum Gasteiger partial charge on any atom is -0.859 e. The summed E-state index contributed by atoms with van der Waals surface area (Å²) in [7, 11) is -3.46. The van der Waals surface area contributed by atoms with Gasteiger partial charge in [0.2, 0.25) is 17.7 Å². The molecule has 0 aromatic carbocycles. The first-order chi connectivity index (χ1) is 33.8. The molecule has 404 valence electrons. The first-order valence-corrected chi connectivity index (χ1v) is 25.0. The predicted molar refractivity (Wildman–Crippen MR) is 264 cm³/mol. The monoisotopic (exact) mass is 1060 g/mol. The van der Waals surface area contributed by atoms with Crippen molar-refractivity contribution in [1.82, 2.24) is 36.6 Å². The van der Waals surface area contributed by atoms with Crippen LogP contribution in [-0.4, -0.2) is 130 Å². The fraction of sp³-hybridized carbons (Fsp3) is 0.596. The summed E-state index contributed by atoms with van der Waals surface area (Å²) in [5, 5.41) is 27.0. The number of carbonyl (C=O) groups excluding carboxylic acids is 8. The van der Waals surface area contributed by atoms with E-state index in [0.717, 1.165) is 18.9 Å². The van der Waals surface area contributed by atoms with Crippen LogP contribution < -0.4 is 77.0 Å². The van der Waals surface area contributed by atoms with Crippen LogP contribution in [0, 0.1) is 17.3 Å². The van der Waals surface area contributed by atoms with E-state index in [1.165, 1.54) is 37.8 Å². The van der Waals surface area contributed by atoms with Gasteiger partial charge in [-0.3, -0.25) is 38.3 Å². The second-order valence-corrected chi connectivity index (χ2v) is 18.7. The third-order valence-electron chi connectivity index (χ3n) is 10.8. The molecule has 24 nitrogen and oxygen atoms in total. The van der Waals surface area contributed by atoms with E-state index in [4.69, 9.17) is 24.5 Å². The molecule has 1 aliphatic heterocycles. The number of nitrogens with two attached hydrogens (primary N) is 1. The minimum absolute atomic E-state index is 0. The molecule has 1 heterocycles. The van der Waals surface area contributed by atoms with E-state index in [1.807, 2.05) is 19.1 Å². The van der Waals surface area contributed by atoms with E-state index < -0.39 is 125 Å². The number of ether oxygens (including phenoxy) is 3. The number of urea groups is 2. The number of allylic oxidation sites excluding steroid dienone is 6. The maximum absolute atomic E-state index is 14.2. The zero-order chi connectivity index (χ0) is 54.4. The number of hydrogen-bond donors (Lipinski definition) is 9. The molecule has 1 aliphatic rings. The number of carbonyl (C=O) groups is 8. The Morgan fingerprint density at radius 1 is 0.986 bits per heavy atom. The summed E-state index contributed by atoms with van der Waals surface area (Å²) >= 11 is 0. The topological polar surface area (TPSA) is 364 Å². The van der Waals surface area contributed by atoms with Gasteiger partial charge < -0.3 is 57.0 Å². The van der Waals surface area contributed by atoms with Crippen LogP contribution in [0.15, 0.2) is 65.4 Å². The predicted octanol–water partition coefficient (Wildman–Crippen LogP) is -1.84. The number of aliphatic imine (C=N–C) groups is 1. The number of esters is 2. The van der Waals surface area contributed by atoms with Gasteiger partial charge in [0.05, 0.1) is 18.1 Å². The number of methoxy groups -OCH3 is 1. The number of nitrogens with one attached hydrogen (secondary N) is 7. The summed E-state index contributed by atoms with van der Waals surface area (Å²) in [6, 6.07) is -5.45.